The van der Waals surface area contributed by atoms with E-state index in [0.29, 0.717) is 6.04 Å². The zero-order chi connectivity index (χ0) is 10.5. The molecule has 2 nitrogen and oxygen atoms in total. The van der Waals surface area contributed by atoms with Crippen molar-refractivity contribution in [2.24, 2.45) is 0 Å². The Hall–Kier alpha value is -0.0800. The lowest BCUT2D eigenvalue weighted by atomic mass is 9.98. The molecule has 0 aliphatic heterocycles. The predicted octanol–water partition coefficient (Wildman–Crippen LogP) is 2.31. The average molecular weight is 187 g/mol. The minimum atomic E-state index is -0.624. The third-order valence-corrected chi connectivity index (χ3v) is 2.68. The molecule has 13 heavy (non-hydrogen) atoms. The highest BCUT2D eigenvalue weighted by Crippen LogP contribution is 2.11. The zero-order valence-electron chi connectivity index (χ0n) is 9.72. The van der Waals surface area contributed by atoms with Gasteiger partial charge in [-0.1, -0.05) is 20.3 Å². The van der Waals surface area contributed by atoms with Crippen molar-refractivity contribution in [1.29, 1.82) is 0 Å². The molecule has 2 atom stereocenters. The molecular formula is C11H25NO. The fraction of sp³-hybridized carbons (Fsp3) is 1.00. The molecule has 0 fully saturated rings. The standard InChI is InChI=1S/C11H25NO/c1-6-8-10(7-2)12-9(3)11(4,5)13/h9-10,12-13H,6-8H2,1-5H3. The van der Waals surface area contributed by atoms with Gasteiger partial charge in [0.1, 0.15) is 0 Å². The minimum absolute atomic E-state index is 0.156. The molecule has 0 aromatic rings. The maximum absolute atomic E-state index is 9.74. The third kappa shape index (κ3) is 5.27. The first-order chi connectivity index (χ1) is 5.91. The fourth-order valence-electron chi connectivity index (χ4n) is 1.31. The van der Waals surface area contributed by atoms with Crippen molar-refractivity contribution >= 4 is 0 Å². The van der Waals surface area contributed by atoms with E-state index in [9.17, 15) is 5.11 Å². The molecule has 0 bridgehead atoms. The van der Waals surface area contributed by atoms with Crippen molar-refractivity contribution in [2.75, 3.05) is 0 Å². The van der Waals surface area contributed by atoms with Crippen molar-refractivity contribution < 1.29 is 5.11 Å². The first-order valence-corrected chi connectivity index (χ1v) is 5.40. The van der Waals surface area contributed by atoms with Crippen molar-refractivity contribution in [3.05, 3.63) is 0 Å². The van der Waals surface area contributed by atoms with Crippen molar-refractivity contribution in [1.82, 2.24) is 5.32 Å². The summed E-state index contributed by atoms with van der Waals surface area (Å²) in [5.41, 5.74) is -0.624. The summed E-state index contributed by atoms with van der Waals surface area (Å²) >= 11 is 0. The van der Waals surface area contributed by atoms with Crippen LogP contribution in [0.3, 0.4) is 0 Å². The van der Waals surface area contributed by atoms with Crippen molar-refractivity contribution in [2.45, 2.75) is 71.6 Å². The summed E-state index contributed by atoms with van der Waals surface area (Å²) in [6, 6.07) is 0.704. The van der Waals surface area contributed by atoms with Crippen LogP contribution in [0.15, 0.2) is 0 Å². The Morgan fingerprint density at radius 2 is 1.85 bits per heavy atom. The molecular weight excluding hydrogens is 162 g/mol. The van der Waals surface area contributed by atoms with Gasteiger partial charge in [-0.05, 0) is 33.6 Å². The van der Waals surface area contributed by atoms with E-state index in [0.717, 1.165) is 6.42 Å². The van der Waals surface area contributed by atoms with Gasteiger partial charge in [0.25, 0.3) is 0 Å². The maximum atomic E-state index is 9.74. The van der Waals surface area contributed by atoms with Gasteiger partial charge in [-0.2, -0.15) is 0 Å². The lowest BCUT2D eigenvalue weighted by Gasteiger charge is -2.30. The molecule has 0 aliphatic rings. The maximum Gasteiger partial charge on any atom is 0.0741 e. The van der Waals surface area contributed by atoms with Gasteiger partial charge in [-0.15, -0.1) is 0 Å². The van der Waals surface area contributed by atoms with Crippen LogP contribution in [0.4, 0.5) is 0 Å². The van der Waals surface area contributed by atoms with Crippen LogP contribution in [0.2, 0.25) is 0 Å². The van der Waals surface area contributed by atoms with E-state index in [4.69, 9.17) is 0 Å². The largest absolute Gasteiger partial charge is 0.389 e. The number of rotatable bonds is 6. The van der Waals surface area contributed by atoms with Gasteiger partial charge in [-0.25, -0.2) is 0 Å². The van der Waals surface area contributed by atoms with E-state index in [2.05, 4.69) is 19.2 Å². The Balaban J connectivity index is 3.93. The quantitative estimate of drug-likeness (QED) is 0.669. The summed E-state index contributed by atoms with van der Waals surface area (Å²) in [6.07, 6.45) is 3.52. The highest BCUT2D eigenvalue weighted by molar-refractivity contribution is 4.82. The highest BCUT2D eigenvalue weighted by Gasteiger charge is 2.23. The highest BCUT2D eigenvalue weighted by atomic mass is 16.3. The molecule has 0 saturated heterocycles. The van der Waals surface area contributed by atoms with Gasteiger partial charge >= 0.3 is 0 Å². The first-order valence-electron chi connectivity index (χ1n) is 5.40. The summed E-state index contributed by atoms with van der Waals surface area (Å²) < 4.78 is 0. The number of nitrogens with one attached hydrogen (secondary N) is 1. The van der Waals surface area contributed by atoms with Gasteiger partial charge < -0.3 is 10.4 Å². The minimum Gasteiger partial charge on any atom is -0.389 e. The van der Waals surface area contributed by atoms with E-state index >= 15 is 0 Å². The predicted molar refractivity (Wildman–Crippen MR) is 57.9 cm³/mol. The lowest BCUT2D eigenvalue weighted by molar-refractivity contribution is 0.0391. The Bertz CT molecular complexity index is 129. The summed E-state index contributed by atoms with van der Waals surface area (Å²) in [5.74, 6) is 0. The molecule has 0 radical (unpaired) electrons. The first kappa shape index (κ1) is 12.9. The van der Waals surface area contributed by atoms with Crippen LogP contribution < -0.4 is 5.32 Å². The van der Waals surface area contributed by atoms with E-state index < -0.39 is 5.60 Å². The smallest absolute Gasteiger partial charge is 0.0741 e. The zero-order valence-corrected chi connectivity index (χ0v) is 9.72. The van der Waals surface area contributed by atoms with Gasteiger partial charge in [-0.3, -0.25) is 0 Å². The van der Waals surface area contributed by atoms with E-state index in [1.165, 1.54) is 12.8 Å². The second-order valence-electron chi connectivity index (χ2n) is 4.44. The number of aliphatic hydroxyl groups is 1. The normalized spacial score (nSPS) is 17.1. The molecule has 80 valence electrons. The molecule has 0 aliphatic carbocycles. The Morgan fingerprint density at radius 1 is 1.31 bits per heavy atom. The van der Waals surface area contributed by atoms with E-state index in [1.54, 1.807) is 0 Å². The molecule has 2 unspecified atom stereocenters. The van der Waals surface area contributed by atoms with Crippen molar-refractivity contribution in [3.8, 4) is 0 Å². The molecule has 0 rings (SSSR count). The van der Waals surface area contributed by atoms with Crippen LogP contribution in [0.25, 0.3) is 0 Å². The molecule has 2 heteroatoms. The van der Waals surface area contributed by atoms with Crippen LogP contribution >= 0.6 is 0 Å². The number of hydrogen-bond acceptors (Lipinski definition) is 2. The topological polar surface area (TPSA) is 32.3 Å². The third-order valence-electron chi connectivity index (χ3n) is 2.68. The molecule has 0 heterocycles. The van der Waals surface area contributed by atoms with Crippen LogP contribution in [-0.4, -0.2) is 22.8 Å². The Labute approximate surface area is 82.7 Å². The summed E-state index contributed by atoms with van der Waals surface area (Å²) in [6.45, 7) is 10.1. The summed E-state index contributed by atoms with van der Waals surface area (Å²) in [4.78, 5) is 0. The molecule has 0 aromatic carbocycles. The molecule has 0 saturated carbocycles. The summed E-state index contributed by atoms with van der Waals surface area (Å²) in [5, 5.41) is 13.2. The van der Waals surface area contributed by atoms with Crippen LogP contribution in [0, 0.1) is 0 Å². The second-order valence-corrected chi connectivity index (χ2v) is 4.44. The van der Waals surface area contributed by atoms with Crippen LogP contribution in [0.1, 0.15) is 53.9 Å². The monoisotopic (exact) mass is 187 g/mol. The van der Waals surface area contributed by atoms with Crippen LogP contribution in [-0.2, 0) is 0 Å². The SMILES string of the molecule is CCCC(CC)NC(C)C(C)(C)O. The number of hydrogen-bond donors (Lipinski definition) is 2. The van der Waals surface area contributed by atoms with E-state index in [1.807, 2.05) is 20.8 Å². The average Bonchev–Trinajstić information content (AvgIpc) is 2.01. The molecule has 0 spiro atoms. The molecule has 0 aromatic heterocycles. The molecule has 0 amide bonds. The van der Waals surface area contributed by atoms with Gasteiger partial charge in [0, 0.05) is 12.1 Å². The molecule has 2 N–H and O–H groups in total. The second kappa shape index (κ2) is 5.61. The summed E-state index contributed by atoms with van der Waals surface area (Å²) in [7, 11) is 0. The van der Waals surface area contributed by atoms with E-state index in [-0.39, 0.29) is 6.04 Å². The van der Waals surface area contributed by atoms with Gasteiger partial charge in [0.2, 0.25) is 0 Å². The van der Waals surface area contributed by atoms with Gasteiger partial charge in [0.05, 0.1) is 5.60 Å². The Morgan fingerprint density at radius 3 is 2.15 bits per heavy atom. The fourth-order valence-corrected chi connectivity index (χ4v) is 1.31. The van der Waals surface area contributed by atoms with Crippen molar-refractivity contribution in [3.63, 3.8) is 0 Å². The van der Waals surface area contributed by atoms with Crippen LogP contribution in [0.5, 0.6) is 0 Å². The Kier molecular flexibility index (Phi) is 5.57. The van der Waals surface area contributed by atoms with Gasteiger partial charge in [0.15, 0.2) is 0 Å². The lowest BCUT2D eigenvalue weighted by Crippen LogP contribution is -2.48.